The fraction of sp³-hybridized carbons (Fsp3) is 0.364. The number of hydrogen-bond donors (Lipinski definition) is 0. The highest BCUT2D eigenvalue weighted by atomic mass is 32.1. The molecule has 0 radical (unpaired) electrons. The molecule has 0 nitrogen and oxygen atoms in total. The second-order valence-corrected chi connectivity index (χ2v) is 11.5. The molecular formula is C22H22S4. The molecule has 0 aliphatic rings. The molecule has 1 aromatic carbocycles. The first-order valence-electron chi connectivity index (χ1n) is 9.56. The van der Waals surface area contributed by atoms with E-state index in [0.717, 1.165) is 6.42 Å². The maximum atomic E-state index is 2.46. The average molecular weight is 415 g/mol. The molecule has 0 unspecified atom stereocenters. The number of benzene rings is 1. The fourth-order valence-corrected chi connectivity index (χ4v) is 8.82. The van der Waals surface area contributed by atoms with E-state index in [0.29, 0.717) is 0 Å². The van der Waals surface area contributed by atoms with Crippen LogP contribution in [-0.4, -0.2) is 0 Å². The van der Waals surface area contributed by atoms with E-state index in [4.69, 9.17) is 0 Å². The van der Waals surface area contributed by atoms with Crippen LogP contribution in [0.4, 0.5) is 0 Å². The van der Waals surface area contributed by atoms with Crippen molar-refractivity contribution in [1.29, 1.82) is 0 Å². The fourth-order valence-electron chi connectivity index (χ4n) is 3.72. The molecule has 0 saturated carbocycles. The van der Waals surface area contributed by atoms with Gasteiger partial charge in [0.1, 0.15) is 0 Å². The van der Waals surface area contributed by atoms with Crippen molar-refractivity contribution >= 4 is 84.3 Å². The van der Waals surface area contributed by atoms with Gasteiger partial charge in [-0.15, -0.1) is 45.3 Å². The highest BCUT2D eigenvalue weighted by molar-refractivity contribution is 7.34. The molecule has 0 amide bonds. The van der Waals surface area contributed by atoms with E-state index in [9.17, 15) is 0 Å². The number of rotatable bonds is 6. The summed E-state index contributed by atoms with van der Waals surface area (Å²) in [6, 6.07) is 9.77. The SMILES string of the molecule is CCCCCCc1cc2sc3cc4c(cc3c2s1)sc1cc(CC)sc14. The van der Waals surface area contributed by atoms with Crippen LogP contribution in [-0.2, 0) is 12.8 Å². The zero-order valence-corrected chi connectivity index (χ0v) is 18.5. The quantitative estimate of drug-likeness (QED) is 0.243. The van der Waals surface area contributed by atoms with Gasteiger partial charge in [-0.1, -0.05) is 33.1 Å². The molecule has 0 aliphatic heterocycles. The van der Waals surface area contributed by atoms with Gasteiger partial charge < -0.3 is 0 Å². The zero-order chi connectivity index (χ0) is 17.7. The summed E-state index contributed by atoms with van der Waals surface area (Å²) in [4.78, 5) is 3.08. The Morgan fingerprint density at radius 3 is 1.85 bits per heavy atom. The molecule has 4 aromatic heterocycles. The molecule has 0 atom stereocenters. The predicted molar refractivity (Wildman–Crippen MR) is 125 cm³/mol. The molecule has 0 N–H and O–H groups in total. The maximum Gasteiger partial charge on any atom is 0.0532 e. The lowest BCUT2D eigenvalue weighted by atomic mass is 10.1. The molecule has 0 fully saturated rings. The summed E-state index contributed by atoms with van der Waals surface area (Å²) in [5.41, 5.74) is 0. The van der Waals surface area contributed by atoms with Gasteiger partial charge in [-0.2, -0.15) is 0 Å². The zero-order valence-electron chi connectivity index (χ0n) is 15.2. The van der Waals surface area contributed by atoms with Gasteiger partial charge in [0.15, 0.2) is 0 Å². The van der Waals surface area contributed by atoms with Crippen molar-refractivity contribution in [2.75, 3.05) is 0 Å². The lowest BCUT2D eigenvalue weighted by Gasteiger charge is -1.97. The summed E-state index contributed by atoms with van der Waals surface area (Å²) in [5.74, 6) is 0. The summed E-state index contributed by atoms with van der Waals surface area (Å²) < 4.78 is 8.89. The first-order valence-corrected chi connectivity index (χ1v) is 12.8. The molecular weight excluding hydrogens is 393 g/mol. The molecule has 0 saturated heterocycles. The van der Waals surface area contributed by atoms with Gasteiger partial charge in [0.2, 0.25) is 0 Å². The van der Waals surface area contributed by atoms with E-state index in [-0.39, 0.29) is 0 Å². The summed E-state index contributed by atoms with van der Waals surface area (Å²) in [6.45, 7) is 4.54. The average Bonchev–Trinajstić information content (AvgIpc) is 3.35. The van der Waals surface area contributed by atoms with Crippen LogP contribution in [0.1, 0.15) is 49.3 Å². The number of unbranched alkanes of at least 4 members (excludes halogenated alkanes) is 3. The van der Waals surface area contributed by atoms with Crippen LogP contribution in [0, 0.1) is 0 Å². The van der Waals surface area contributed by atoms with Crippen molar-refractivity contribution in [3.05, 3.63) is 34.0 Å². The van der Waals surface area contributed by atoms with Gasteiger partial charge in [-0.05, 0) is 43.5 Å². The monoisotopic (exact) mass is 414 g/mol. The van der Waals surface area contributed by atoms with Gasteiger partial charge in [-0.25, -0.2) is 0 Å². The third kappa shape index (κ3) is 2.82. The van der Waals surface area contributed by atoms with Gasteiger partial charge in [0, 0.05) is 39.3 Å². The van der Waals surface area contributed by atoms with E-state index < -0.39 is 0 Å². The van der Waals surface area contributed by atoms with Gasteiger partial charge in [0.05, 0.1) is 9.40 Å². The molecule has 0 spiro atoms. The normalized spacial score (nSPS) is 12.4. The third-order valence-corrected chi connectivity index (χ3v) is 10.1. The maximum absolute atomic E-state index is 2.46. The molecule has 5 rings (SSSR count). The summed E-state index contributed by atoms with van der Waals surface area (Å²) in [5, 5.41) is 2.95. The Hall–Kier alpha value is -0.940. The largest absolute Gasteiger partial charge is 0.139 e. The highest BCUT2D eigenvalue weighted by Gasteiger charge is 2.14. The number of fused-ring (bicyclic) bond motifs is 6. The van der Waals surface area contributed by atoms with Crippen molar-refractivity contribution in [3.63, 3.8) is 0 Å². The topological polar surface area (TPSA) is 0 Å². The standard InChI is InChI=1S/C22H22S4/c1-3-5-6-7-8-14-10-20-22(24-14)16-12-17-15(11-18(16)26-20)21-19(25-17)9-13(4-2)23-21/h9-12H,3-8H2,1-2H3. The van der Waals surface area contributed by atoms with Crippen LogP contribution >= 0.6 is 45.3 Å². The molecule has 26 heavy (non-hydrogen) atoms. The Bertz CT molecular complexity index is 1210. The van der Waals surface area contributed by atoms with Crippen LogP contribution in [0.15, 0.2) is 24.3 Å². The Morgan fingerprint density at radius 2 is 1.23 bits per heavy atom. The molecule has 4 heterocycles. The van der Waals surface area contributed by atoms with E-state index >= 15 is 0 Å². The van der Waals surface area contributed by atoms with Crippen molar-refractivity contribution in [2.45, 2.75) is 52.4 Å². The van der Waals surface area contributed by atoms with E-state index in [2.05, 4.69) is 38.1 Å². The predicted octanol–water partition coefficient (Wildman–Crippen LogP) is 9.23. The molecule has 0 aliphatic carbocycles. The molecule has 4 heteroatoms. The lowest BCUT2D eigenvalue weighted by Crippen LogP contribution is -1.80. The van der Waals surface area contributed by atoms with Gasteiger partial charge >= 0.3 is 0 Å². The van der Waals surface area contributed by atoms with Crippen LogP contribution < -0.4 is 0 Å². The Morgan fingerprint density at radius 1 is 0.615 bits per heavy atom. The number of thiophene rings is 4. The smallest absolute Gasteiger partial charge is 0.0532 e. The second kappa shape index (κ2) is 6.90. The summed E-state index contributed by atoms with van der Waals surface area (Å²) in [7, 11) is 0. The van der Waals surface area contributed by atoms with Gasteiger partial charge in [-0.3, -0.25) is 0 Å². The Labute approximate surface area is 170 Å². The van der Waals surface area contributed by atoms with Crippen LogP contribution in [0.2, 0.25) is 0 Å². The summed E-state index contributed by atoms with van der Waals surface area (Å²) >= 11 is 7.97. The van der Waals surface area contributed by atoms with Crippen molar-refractivity contribution in [3.8, 4) is 0 Å². The van der Waals surface area contributed by atoms with Crippen LogP contribution in [0.5, 0.6) is 0 Å². The van der Waals surface area contributed by atoms with Gasteiger partial charge in [0.25, 0.3) is 0 Å². The Balaban J connectivity index is 1.57. The minimum Gasteiger partial charge on any atom is -0.139 e. The molecule has 0 bridgehead atoms. The van der Waals surface area contributed by atoms with Crippen LogP contribution in [0.3, 0.4) is 0 Å². The highest BCUT2D eigenvalue weighted by Crippen LogP contribution is 2.46. The second-order valence-electron chi connectivity index (χ2n) is 7.03. The van der Waals surface area contributed by atoms with E-state index in [1.807, 2.05) is 45.3 Å². The lowest BCUT2D eigenvalue weighted by molar-refractivity contribution is 0.670. The van der Waals surface area contributed by atoms with Crippen LogP contribution in [0.25, 0.3) is 39.0 Å². The van der Waals surface area contributed by atoms with Crippen molar-refractivity contribution < 1.29 is 0 Å². The molecule has 134 valence electrons. The minimum absolute atomic E-state index is 1.14. The van der Waals surface area contributed by atoms with Crippen molar-refractivity contribution in [1.82, 2.24) is 0 Å². The first kappa shape index (κ1) is 17.2. The van der Waals surface area contributed by atoms with Crippen molar-refractivity contribution in [2.24, 2.45) is 0 Å². The molecule has 5 aromatic rings. The van der Waals surface area contributed by atoms with E-state index in [1.54, 1.807) is 4.88 Å². The minimum atomic E-state index is 1.14. The summed E-state index contributed by atoms with van der Waals surface area (Å²) in [6.07, 6.45) is 7.80. The number of aryl methyl sites for hydroxylation is 2. The first-order chi connectivity index (χ1) is 12.8. The van der Waals surface area contributed by atoms with E-state index in [1.165, 1.54) is 76.0 Å². The number of hydrogen-bond acceptors (Lipinski definition) is 4. The Kier molecular flexibility index (Phi) is 4.56. The third-order valence-electron chi connectivity index (χ3n) is 5.13.